The molecule has 5 heteroatoms. The second-order valence-electron chi connectivity index (χ2n) is 4.47. The van der Waals surface area contributed by atoms with Crippen molar-refractivity contribution in [2.75, 3.05) is 5.32 Å². The summed E-state index contributed by atoms with van der Waals surface area (Å²) >= 11 is 0. The minimum Gasteiger partial charge on any atom is -0.368 e. The van der Waals surface area contributed by atoms with Gasteiger partial charge >= 0.3 is 6.18 Å². The molecule has 1 atom stereocenters. The molecule has 1 heterocycles. The Labute approximate surface area is 106 Å². The zero-order chi connectivity index (χ0) is 13.6. The summed E-state index contributed by atoms with van der Waals surface area (Å²) in [4.78, 5) is 3.91. The number of rotatable bonds is 6. The van der Waals surface area contributed by atoms with Gasteiger partial charge in [0.1, 0.15) is 5.82 Å². The number of pyridine rings is 1. The summed E-state index contributed by atoms with van der Waals surface area (Å²) in [6, 6.07) is 2.16. The van der Waals surface area contributed by atoms with Gasteiger partial charge in [-0.3, -0.25) is 0 Å². The van der Waals surface area contributed by atoms with Crippen molar-refractivity contribution in [3.8, 4) is 0 Å². The van der Waals surface area contributed by atoms with E-state index in [4.69, 9.17) is 0 Å². The van der Waals surface area contributed by atoms with Gasteiger partial charge in [-0.15, -0.1) is 0 Å². The number of nitrogens with one attached hydrogen (secondary N) is 1. The monoisotopic (exact) mass is 260 g/mol. The van der Waals surface area contributed by atoms with E-state index in [2.05, 4.69) is 17.2 Å². The van der Waals surface area contributed by atoms with E-state index in [0.717, 1.165) is 37.8 Å². The smallest absolute Gasteiger partial charge is 0.368 e. The summed E-state index contributed by atoms with van der Waals surface area (Å²) in [5.41, 5.74) is -0.666. The lowest BCUT2D eigenvalue weighted by Crippen LogP contribution is -2.16. The summed E-state index contributed by atoms with van der Waals surface area (Å²) in [6.07, 6.45) is 1.15. The second-order valence-corrected chi connectivity index (χ2v) is 4.47. The number of hydrogen-bond acceptors (Lipinski definition) is 2. The van der Waals surface area contributed by atoms with E-state index < -0.39 is 11.7 Å². The Morgan fingerprint density at radius 2 is 2.06 bits per heavy atom. The first-order valence-corrected chi connectivity index (χ1v) is 6.23. The molecule has 1 aromatic rings. The van der Waals surface area contributed by atoms with Crippen molar-refractivity contribution in [3.05, 3.63) is 23.9 Å². The van der Waals surface area contributed by atoms with Gasteiger partial charge in [0.15, 0.2) is 0 Å². The molecule has 1 rings (SSSR count). The van der Waals surface area contributed by atoms with Crippen LogP contribution in [-0.2, 0) is 6.18 Å². The minimum atomic E-state index is -4.31. The van der Waals surface area contributed by atoms with Gasteiger partial charge in [-0.25, -0.2) is 4.98 Å². The lowest BCUT2D eigenvalue weighted by atomic mass is 10.1. The number of alkyl halides is 3. The van der Waals surface area contributed by atoms with Gasteiger partial charge < -0.3 is 5.32 Å². The fourth-order valence-corrected chi connectivity index (χ4v) is 1.71. The highest BCUT2D eigenvalue weighted by atomic mass is 19.4. The van der Waals surface area contributed by atoms with Crippen LogP contribution in [0.2, 0.25) is 0 Å². The molecule has 0 saturated carbocycles. The van der Waals surface area contributed by atoms with Gasteiger partial charge in [-0.1, -0.05) is 26.2 Å². The van der Waals surface area contributed by atoms with Gasteiger partial charge in [-0.2, -0.15) is 13.2 Å². The number of nitrogens with zero attached hydrogens (tertiary/aromatic N) is 1. The van der Waals surface area contributed by atoms with Crippen molar-refractivity contribution in [2.24, 2.45) is 0 Å². The van der Waals surface area contributed by atoms with Crippen LogP contribution in [0.5, 0.6) is 0 Å². The molecule has 0 bridgehead atoms. The van der Waals surface area contributed by atoms with Crippen molar-refractivity contribution < 1.29 is 13.2 Å². The number of anilines is 1. The third kappa shape index (κ3) is 4.94. The molecular formula is C13H19F3N2. The molecule has 0 amide bonds. The van der Waals surface area contributed by atoms with Crippen LogP contribution in [0.1, 0.15) is 45.1 Å². The summed E-state index contributed by atoms with van der Waals surface area (Å²) in [5.74, 6) is 0.286. The van der Waals surface area contributed by atoms with Crippen LogP contribution in [-0.4, -0.2) is 11.0 Å². The van der Waals surface area contributed by atoms with Crippen molar-refractivity contribution in [1.29, 1.82) is 0 Å². The van der Waals surface area contributed by atoms with Crippen LogP contribution < -0.4 is 5.32 Å². The van der Waals surface area contributed by atoms with Crippen LogP contribution in [0.15, 0.2) is 18.3 Å². The fourth-order valence-electron chi connectivity index (χ4n) is 1.71. The van der Waals surface area contributed by atoms with Gasteiger partial charge in [0, 0.05) is 12.2 Å². The highest BCUT2D eigenvalue weighted by Gasteiger charge is 2.30. The van der Waals surface area contributed by atoms with Crippen LogP contribution in [0.3, 0.4) is 0 Å². The molecule has 0 aliphatic rings. The van der Waals surface area contributed by atoms with Crippen LogP contribution in [0, 0.1) is 0 Å². The first kappa shape index (κ1) is 14.8. The zero-order valence-electron chi connectivity index (χ0n) is 10.7. The number of halogens is 3. The molecule has 1 N–H and O–H groups in total. The quantitative estimate of drug-likeness (QED) is 0.763. The highest BCUT2D eigenvalue weighted by molar-refractivity contribution is 5.39. The maximum atomic E-state index is 12.5. The van der Waals surface area contributed by atoms with E-state index >= 15 is 0 Å². The first-order valence-electron chi connectivity index (χ1n) is 6.23. The van der Waals surface area contributed by atoms with Crippen LogP contribution in [0.4, 0.5) is 19.0 Å². The fraction of sp³-hybridized carbons (Fsp3) is 0.615. The molecular weight excluding hydrogens is 241 g/mol. The molecule has 1 unspecified atom stereocenters. The summed E-state index contributed by atoms with van der Waals surface area (Å²) in [5, 5.41) is 3.00. The average molecular weight is 260 g/mol. The molecule has 0 aromatic carbocycles. The zero-order valence-corrected chi connectivity index (χ0v) is 10.7. The predicted molar refractivity (Wildman–Crippen MR) is 66.5 cm³/mol. The Bertz CT molecular complexity index is 363. The lowest BCUT2D eigenvalue weighted by molar-refractivity contribution is -0.137. The Kier molecular flexibility index (Phi) is 5.44. The molecule has 0 fully saturated rings. The third-order valence-corrected chi connectivity index (χ3v) is 2.72. The van der Waals surface area contributed by atoms with E-state index in [1.165, 1.54) is 6.20 Å². The topological polar surface area (TPSA) is 24.9 Å². The standard InChI is InChI=1S/C13H19F3N2/c1-3-4-5-6-10(2)18-12-9-11(7-8-17-12)13(14,15)16/h7-10H,3-6H2,1-2H3,(H,17,18). The largest absolute Gasteiger partial charge is 0.416 e. The Morgan fingerprint density at radius 3 is 2.67 bits per heavy atom. The predicted octanol–water partition coefficient (Wildman–Crippen LogP) is 4.48. The van der Waals surface area contributed by atoms with E-state index in [1.807, 2.05) is 6.92 Å². The first-order chi connectivity index (χ1) is 8.43. The van der Waals surface area contributed by atoms with Crippen molar-refractivity contribution in [3.63, 3.8) is 0 Å². The molecule has 0 aliphatic heterocycles. The second kappa shape index (κ2) is 6.61. The number of aromatic nitrogens is 1. The van der Waals surface area contributed by atoms with Crippen LogP contribution in [0.25, 0.3) is 0 Å². The molecule has 0 saturated heterocycles. The van der Waals surface area contributed by atoms with Crippen molar-refractivity contribution >= 4 is 5.82 Å². The van der Waals surface area contributed by atoms with E-state index in [-0.39, 0.29) is 11.9 Å². The van der Waals surface area contributed by atoms with Crippen molar-refractivity contribution in [2.45, 2.75) is 51.7 Å². The molecule has 1 aromatic heterocycles. The summed E-state index contributed by atoms with van der Waals surface area (Å²) < 4.78 is 37.5. The lowest BCUT2D eigenvalue weighted by Gasteiger charge is -2.15. The number of unbranched alkanes of at least 4 members (excludes halogenated alkanes) is 2. The van der Waals surface area contributed by atoms with Gasteiger partial charge in [0.2, 0.25) is 0 Å². The van der Waals surface area contributed by atoms with Crippen molar-refractivity contribution in [1.82, 2.24) is 4.98 Å². The summed E-state index contributed by atoms with van der Waals surface area (Å²) in [6.45, 7) is 4.07. The SMILES string of the molecule is CCCCCC(C)Nc1cc(C(F)(F)F)ccn1. The van der Waals surface area contributed by atoms with E-state index in [0.29, 0.717) is 0 Å². The number of hydrogen-bond donors (Lipinski definition) is 1. The van der Waals surface area contributed by atoms with E-state index in [9.17, 15) is 13.2 Å². The highest BCUT2D eigenvalue weighted by Crippen LogP contribution is 2.30. The molecule has 102 valence electrons. The summed E-state index contributed by atoms with van der Waals surface area (Å²) in [7, 11) is 0. The minimum absolute atomic E-state index is 0.132. The molecule has 2 nitrogen and oxygen atoms in total. The Hall–Kier alpha value is -1.26. The van der Waals surface area contributed by atoms with Gasteiger partial charge in [0.05, 0.1) is 5.56 Å². The maximum Gasteiger partial charge on any atom is 0.416 e. The Morgan fingerprint density at radius 1 is 1.33 bits per heavy atom. The Balaban J connectivity index is 2.57. The molecule has 18 heavy (non-hydrogen) atoms. The molecule has 0 spiro atoms. The molecule has 0 aliphatic carbocycles. The normalized spacial score (nSPS) is 13.4. The molecule has 0 radical (unpaired) electrons. The van der Waals surface area contributed by atoms with Gasteiger partial charge in [-0.05, 0) is 25.5 Å². The van der Waals surface area contributed by atoms with Gasteiger partial charge in [0.25, 0.3) is 0 Å². The van der Waals surface area contributed by atoms with E-state index in [1.54, 1.807) is 0 Å². The maximum absolute atomic E-state index is 12.5. The third-order valence-electron chi connectivity index (χ3n) is 2.72. The average Bonchev–Trinajstić information content (AvgIpc) is 2.28. The van der Waals surface area contributed by atoms with Crippen LogP contribution >= 0.6 is 0 Å².